The summed E-state index contributed by atoms with van der Waals surface area (Å²) in [6.45, 7) is 6.64. The van der Waals surface area contributed by atoms with Crippen molar-refractivity contribution in [3.63, 3.8) is 0 Å². The lowest BCUT2D eigenvalue weighted by atomic mass is 9.71. The van der Waals surface area contributed by atoms with Gasteiger partial charge in [-0.15, -0.1) is 0 Å². The standard InChI is InChI=1S/C13H21N3O2/c1-8-4-9(7-13(2,3)6-8)18-12(17)10-5-11(14)16-15-10/h5,8-9H,4,6-7H2,1-3H3,(H3,14,15,16). The van der Waals surface area contributed by atoms with E-state index >= 15 is 0 Å². The molecule has 0 amide bonds. The van der Waals surface area contributed by atoms with E-state index in [1.54, 1.807) is 0 Å². The first-order valence-electron chi connectivity index (χ1n) is 6.37. The molecule has 0 bridgehead atoms. The summed E-state index contributed by atoms with van der Waals surface area (Å²) in [4.78, 5) is 11.9. The molecule has 0 spiro atoms. The molecule has 3 N–H and O–H groups in total. The fourth-order valence-electron chi connectivity index (χ4n) is 3.00. The normalized spacial score (nSPS) is 26.8. The number of nitrogens with zero attached hydrogens (tertiary/aromatic N) is 1. The number of nitrogens with one attached hydrogen (secondary N) is 1. The summed E-state index contributed by atoms with van der Waals surface area (Å²) in [5.74, 6) is 0.520. The van der Waals surface area contributed by atoms with E-state index in [4.69, 9.17) is 10.5 Å². The molecule has 5 heteroatoms. The average molecular weight is 251 g/mol. The Labute approximate surface area is 107 Å². The maximum absolute atomic E-state index is 11.9. The van der Waals surface area contributed by atoms with Crippen LogP contribution >= 0.6 is 0 Å². The molecule has 0 saturated heterocycles. The smallest absolute Gasteiger partial charge is 0.356 e. The Bertz CT molecular complexity index is 439. The number of nitrogen functional groups attached to an aromatic ring is 1. The quantitative estimate of drug-likeness (QED) is 0.791. The van der Waals surface area contributed by atoms with Crippen LogP contribution in [-0.2, 0) is 4.74 Å². The number of rotatable bonds is 2. The minimum Gasteiger partial charge on any atom is -0.458 e. The van der Waals surface area contributed by atoms with Gasteiger partial charge in [0.2, 0.25) is 0 Å². The predicted molar refractivity (Wildman–Crippen MR) is 69.0 cm³/mol. The first-order chi connectivity index (χ1) is 8.35. The molecule has 2 unspecified atom stereocenters. The fourth-order valence-corrected chi connectivity index (χ4v) is 3.00. The van der Waals surface area contributed by atoms with Gasteiger partial charge in [0.1, 0.15) is 17.6 Å². The third kappa shape index (κ3) is 3.03. The molecule has 1 aromatic heterocycles. The number of aromatic nitrogens is 2. The van der Waals surface area contributed by atoms with Crippen LogP contribution in [0.1, 0.15) is 50.5 Å². The Hall–Kier alpha value is -1.52. The second kappa shape index (κ2) is 4.63. The molecule has 0 aliphatic heterocycles. The van der Waals surface area contributed by atoms with Crippen LogP contribution in [0.25, 0.3) is 0 Å². The monoisotopic (exact) mass is 251 g/mol. The average Bonchev–Trinajstić information content (AvgIpc) is 2.61. The van der Waals surface area contributed by atoms with E-state index in [2.05, 4.69) is 31.0 Å². The van der Waals surface area contributed by atoms with Gasteiger partial charge in [-0.05, 0) is 30.6 Å². The van der Waals surface area contributed by atoms with Crippen molar-refractivity contribution in [2.75, 3.05) is 5.73 Å². The summed E-state index contributed by atoms with van der Waals surface area (Å²) in [6.07, 6.45) is 3.00. The molecule has 1 aliphatic rings. The Morgan fingerprint density at radius 1 is 1.56 bits per heavy atom. The highest BCUT2D eigenvalue weighted by Crippen LogP contribution is 2.39. The van der Waals surface area contributed by atoms with Crippen molar-refractivity contribution in [1.29, 1.82) is 0 Å². The predicted octanol–water partition coefficient (Wildman–Crippen LogP) is 2.36. The lowest BCUT2D eigenvalue weighted by Gasteiger charge is -2.38. The molecule has 1 aromatic rings. The first kappa shape index (κ1) is 12.9. The summed E-state index contributed by atoms with van der Waals surface area (Å²) < 4.78 is 5.53. The topological polar surface area (TPSA) is 81.0 Å². The number of carbonyl (C=O) groups is 1. The molecule has 2 atom stereocenters. The SMILES string of the molecule is CC1CC(OC(=O)c2cc(N)n[nH]2)CC(C)(C)C1. The van der Waals surface area contributed by atoms with Crippen molar-refractivity contribution in [2.24, 2.45) is 11.3 Å². The molecule has 1 heterocycles. The van der Waals surface area contributed by atoms with E-state index < -0.39 is 0 Å². The number of aromatic amines is 1. The van der Waals surface area contributed by atoms with Crippen LogP contribution in [0.15, 0.2) is 6.07 Å². The van der Waals surface area contributed by atoms with E-state index in [1.165, 1.54) is 12.5 Å². The van der Waals surface area contributed by atoms with Crippen molar-refractivity contribution in [2.45, 2.75) is 46.1 Å². The molecule has 1 aliphatic carbocycles. The molecule has 1 saturated carbocycles. The number of hydrogen-bond acceptors (Lipinski definition) is 4. The van der Waals surface area contributed by atoms with Crippen LogP contribution in [0.5, 0.6) is 0 Å². The summed E-state index contributed by atoms with van der Waals surface area (Å²) in [7, 11) is 0. The molecule has 5 nitrogen and oxygen atoms in total. The van der Waals surface area contributed by atoms with Gasteiger partial charge in [0, 0.05) is 6.07 Å². The van der Waals surface area contributed by atoms with Gasteiger partial charge in [0.15, 0.2) is 0 Å². The van der Waals surface area contributed by atoms with Gasteiger partial charge >= 0.3 is 5.97 Å². The van der Waals surface area contributed by atoms with E-state index in [0.29, 0.717) is 17.4 Å². The van der Waals surface area contributed by atoms with Crippen LogP contribution in [-0.4, -0.2) is 22.3 Å². The van der Waals surface area contributed by atoms with Gasteiger partial charge < -0.3 is 10.5 Å². The highest BCUT2D eigenvalue weighted by Gasteiger charge is 2.34. The number of nitrogens with two attached hydrogens (primary N) is 1. The Morgan fingerprint density at radius 2 is 2.28 bits per heavy atom. The first-order valence-corrected chi connectivity index (χ1v) is 6.37. The fraction of sp³-hybridized carbons (Fsp3) is 0.692. The van der Waals surface area contributed by atoms with Crippen molar-refractivity contribution < 1.29 is 9.53 Å². The molecule has 100 valence electrons. The van der Waals surface area contributed by atoms with Crippen molar-refractivity contribution >= 4 is 11.8 Å². The minimum atomic E-state index is -0.367. The molecule has 1 fully saturated rings. The van der Waals surface area contributed by atoms with Gasteiger partial charge in [-0.25, -0.2) is 4.79 Å². The molecule has 0 aromatic carbocycles. The number of esters is 1. The third-order valence-electron chi connectivity index (χ3n) is 3.44. The van der Waals surface area contributed by atoms with Crippen LogP contribution in [0.4, 0.5) is 5.82 Å². The lowest BCUT2D eigenvalue weighted by molar-refractivity contribution is -0.00766. The Morgan fingerprint density at radius 3 is 2.83 bits per heavy atom. The minimum absolute atomic E-state index is 0.0132. The van der Waals surface area contributed by atoms with Gasteiger partial charge in [0.25, 0.3) is 0 Å². The zero-order valence-corrected chi connectivity index (χ0v) is 11.2. The maximum Gasteiger partial charge on any atom is 0.356 e. The molecule has 2 rings (SSSR count). The highest BCUT2D eigenvalue weighted by atomic mass is 16.5. The zero-order chi connectivity index (χ0) is 13.3. The summed E-state index contributed by atoms with van der Waals surface area (Å²) in [5.41, 5.74) is 6.02. The van der Waals surface area contributed by atoms with E-state index in [-0.39, 0.29) is 17.5 Å². The van der Waals surface area contributed by atoms with E-state index in [9.17, 15) is 4.79 Å². The summed E-state index contributed by atoms with van der Waals surface area (Å²) >= 11 is 0. The van der Waals surface area contributed by atoms with Gasteiger partial charge in [-0.1, -0.05) is 20.8 Å². The van der Waals surface area contributed by atoms with Crippen LogP contribution in [0.3, 0.4) is 0 Å². The molecule has 18 heavy (non-hydrogen) atoms. The van der Waals surface area contributed by atoms with Crippen molar-refractivity contribution in [3.05, 3.63) is 11.8 Å². The number of H-pyrrole nitrogens is 1. The van der Waals surface area contributed by atoms with E-state index in [1.807, 2.05) is 0 Å². The highest BCUT2D eigenvalue weighted by molar-refractivity contribution is 5.88. The summed E-state index contributed by atoms with van der Waals surface area (Å²) in [5, 5.41) is 6.30. The molecular weight excluding hydrogens is 230 g/mol. The molecular formula is C13H21N3O2. The van der Waals surface area contributed by atoms with Crippen LogP contribution < -0.4 is 5.73 Å². The molecule has 0 radical (unpaired) electrons. The zero-order valence-electron chi connectivity index (χ0n) is 11.2. The second-order valence-corrected chi connectivity index (χ2v) is 6.15. The number of carbonyl (C=O) groups excluding carboxylic acids is 1. The largest absolute Gasteiger partial charge is 0.458 e. The van der Waals surface area contributed by atoms with Crippen molar-refractivity contribution in [1.82, 2.24) is 10.2 Å². The second-order valence-electron chi connectivity index (χ2n) is 6.15. The lowest BCUT2D eigenvalue weighted by Crippen LogP contribution is -2.34. The van der Waals surface area contributed by atoms with Gasteiger partial charge in [-0.3, -0.25) is 5.10 Å². The van der Waals surface area contributed by atoms with Crippen LogP contribution in [0.2, 0.25) is 0 Å². The number of hydrogen-bond donors (Lipinski definition) is 2. The summed E-state index contributed by atoms with van der Waals surface area (Å²) in [6, 6.07) is 1.50. The van der Waals surface area contributed by atoms with E-state index in [0.717, 1.165) is 12.8 Å². The Balaban J connectivity index is 1.99. The van der Waals surface area contributed by atoms with Crippen molar-refractivity contribution in [3.8, 4) is 0 Å². The van der Waals surface area contributed by atoms with Gasteiger partial charge in [-0.2, -0.15) is 5.10 Å². The number of ether oxygens (including phenoxy) is 1. The number of anilines is 1. The van der Waals surface area contributed by atoms with Gasteiger partial charge in [0.05, 0.1) is 0 Å². The maximum atomic E-state index is 11.9. The Kier molecular flexibility index (Phi) is 3.32. The third-order valence-corrected chi connectivity index (χ3v) is 3.44. The van der Waals surface area contributed by atoms with Crippen LogP contribution in [0, 0.1) is 11.3 Å².